The predicted octanol–water partition coefficient (Wildman–Crippen LogP) is 11.8. The molecule has 29 heteroatoms. The fourth-order valence-corrected chi connectivity index (χ4v) is 15.8. The molecule has 14 rings (SSSR count). The molecule has 0 bridgehead atoms. The summed E-state index contributed by atoms with van der Waals surface area (Å²) >= 11 is 0. The van der Waals surface area contributed by atoms with Crippen LogP contribution in [0.1, 0.15) is 184 Å². The van der Waals surface area contributed by atoms with Gasteiger partial charge in [0, 0.05) is 96.5 Å². The molecule has 8 heterocycles. The second-order valence-electron chi connectivity index (χ2n) is 32.8. The van der Waals surface area contributed by atoms with Crippen molar-refractivity contribution in [2.45, 2.75) is 167 Å². The zero-order valence-corrected chi connectivity index (χ0v) is 69.9. The molecular weight excluding hydrogens is 1510 g/mol. The van der Waals surface area contributed by atoms with E-state index >= 15 is 0 Å². The van der Waals surface area contributed by atoms with Crippen molar-refractivity contribution in [1.82, 2.24) is 55.4 Å². The third kappa shape index (κ3) is 23.8. The number of nitrogens with one attached hydrogen (secondary N) is 2. The monoisotopic (exact) mass is 1620 g/mol. The van der Waals surface area contributed by atoms with Gasteiger partial charge < -0.3 is 59.8 Å². The fourth-order valence-electron chi connectivity index (χ4n) is 15.8. The molecule has 119 heavy (non-hydrogen) atoms. The van der Waals surface area contributed by atoms with Gasteiger partial charge in [-0.3, -0.25) is 24.0 Å². The van der Waals surface area contributed by atoms with Crippen LogP contribution in [0, 0.1) is 74.9 Å². The number of aromatic nitrogens is 8. The third-order valence-electron chi connectivity index (χ3n) is 22.9. The van der Waals surface area contributed by atoms with E-state index in [-0.39, 0.29) is 35.6 Å². The summed E-state index contributed by atoms with van der Waals surface area (Å²) in [6.07, 6.45) is 15.9. The molecule has 1 amide bonds. The minimum absolute atomic E-state index is 0.110. The first-order chi connectivity index (χ1) is 57.7. The highest BCUT2D eigenvalue weighted by Gasteiger charge is 2.38. The number of nitrogens with zero attached hydrogens (tertiary/aromatic N) is 17. The Morgan fingerprint density at radius 3 is 1.10 bits per heavy atom. The Kier molecular flexibility index (Phi) is 32.2. The van der Waals surface area contributed by atoms with Crippen molar-refractivity contribution in [2.24, 2.45) is 35.3 Å². The normalized spacial score (nSPS) is 17.9. The van der Waals surface area contributed by atoms with E-state index in [4.69, 9.17) is 59.6 Å². The number of rotatable bonds is 23. The van der Waals surface area contributed by atoms with Gasteiger partial charge in [-0.05, 0) is 132 Å². The van der Waals surface area contributed by atoms with Crippen molar-refractivity contribution in [3.8, 4) is 24.3 Å². The third-order valence-corrected chi connectivity index (χ3v) is 22.9. The van der Waals surface area contributed by atoms with Gasteiger partial charge in [0.2, 0.25) is 5.91 Å². The number of primary amides is 1. The number of ether oxygens (including phenoxy) is 4. The summed E-state index contributed by atoms with van der Waals surface area (Å²) in [6.45, 7) is 23.4. The SMILES string of the molecule is CC(C)COC(=O)C(C#N)c1nc2ccccc2nc1N1CCC(C(N)=O)CC1.CCC(CC)COC(=O)C(C#N)c1nc2ccccc2nc1N1CCNC(C)(C)C1.CN1CCN(c2nc3ccccc3nc2C(C#N)C(=O)OCC2CCCCC2)CC1.N#CC(C(=O)OCC1CCCCCC1)c1nc2ccccc2nc1N1CCNCC1. The van der Waals surface area contributed by atoms with Gasteiger partial charge in [-0.15, -0.1) is 0 Å². The molecule has 4 N–H and O–H groups in total. The van der Waals surface area contributed by atoms with Gasteiger partial charge in [-0.25, -0.2) is 39.9 Å². The fraction of sp³-hybridized carbons (Fsp3) is 0.544. The van der Waals surface area contributed by atoms with Crippen LogP contribution in [0.4, 0.5) is 23.3 Å². The number of nitriles is 4. The number of para-hydroxylation sites is 8. The summed E-state index contributed by atoms with van der Waals surface area (Å²) in [7, 11) is 2.09. The number of hydrogen-bond acceptors (Lipinski definition) is 28. The van der Waals surface area contributed by atoms with Crippen molar-refractivity contribution >= 4 is 97.2 Å². The Labute approximate surface area is 697 Å². The molecule has 2 saturated carbocycles. The van der Waals surface area contributed by atoms with Crippen molar-refractivity contribution in [2.75, 3.05) is 138 Å². The molecule has 8 aromatic rings. The molecule has 2 aliphatic carbocycles. The minimum atomic E-state index is -1.17. The second kappa shape index (κ2) is 43.4. The second-order valence-corrected chi connectivity index (χ2v) is 32.8. The number of amides is 1. The average molecular weight is 1620 g/mol. The van der Waals surface area contributed by atoms with Crippen LogP contribution in [0.2, 0.25) is 0 Å². The lowest BCUT2D eigenvalue weighted by Crippen LogP contribution is -2.57. The summed E-state index contributed by atoms with van der Waals surface area (Å²) in [5.41, 5.74) is 12.4. The summed E-state index contributed by atoms with van der Waals surface area (Å²) in [5, 5.41) is 46.2. The van der Waals surface area contributed by atoms with Crippen LogP contribution in [0.5, 0.6) is 0 Å². The molecule has 4 atom stereocenters. The first-order valence-corrected chi connectivity index (χ1v) is 42.5. The van der Waals surface area contributed by atoms with Gasteiger partial charge in [-0.1, -0.05) is 134 Å². The maximum atomic E-state index is 12.9. The van der Waals surface area contributed by atoms with Crippen LogP contribution < -0.4 is 36.0 Å². The molecule has 0 radical (unpaired) electrons. The first-order valence-electron chi connectivity index (χ1n) is 42.5. The molecule has 4 aromatic carbocycles. The van der Waals surface area contributed by atoms with E-state index in [1.165, 1.54) is 44.9 Å². The number of piperazine rings is 3. The molecule has 4 unspecified atom stereocenters. The number of carbonyl (C=O) groups excluding carboxylic acids is 5. The zero-order chi connectivity index (χ0) is 84.4. The Morgan fingerprint density at radius 1 is 0.437 bits per heavy atom. The Morgan fingerprint density at radius 2 is 0.756 bits per heavy atom. The van der Waals surface area contributed by atoms with Crippen molar-refractivity contribution in [3.63, 3.8) is 0 Å². The Hall–Kier alpha value is -11.4. The quantitative estimate of drug-likeness (QED) is 0.0304. The molecule has 0 spiro atoms. The van der Waals surface area contributed by atoms with Gasteiger partial charge in [0.15, 0.2) is 46.9 Å². The minimum Gasteiger partial charge on any atom is -0.464 e. The maximum Gasteiger partial charge on any atom is 0.329 e. The van der Waals surface area contributed by atoms with E-state index in [2.05, 4.69) is 88.2 Å². The van der Waals surface area contributed by atoms with Gasteiger partial charge in [0.05, 0.1) is 94.8 Å². The largest absolute Gasteiger partial charge is 0.464 e. The summed E-state index contributed by atoms with van der Waals surface area (Å²) in [5.74, 6) is -3.52. The lowest BCUT2D eigenvalue weighted by molar-refractivity contribution is -0.146. The van der Waals surface area contributed by atoms with E-state index in [9.17, 15) is 45.0 Å². The molecule has 29 nitrogen and oxygen atoms in total. The number of piperidine rings is 1. The maximum absolute atomic E-state index is 12.9. The molecule has 628 valence electrons. The average Bonchev–Trinajstić information content (AvgIpc) is 1.62. The lowest BCUT2D eigenvalue weighted by atomic mass is 9.90. The number of benzene rings is 4. The predicted molar refractivity (Wildman–Crippen MR) is 455 cm³/mol. The highest BCUT2D eigenvalue weighted by Crippen LogP contribution is 2.36. The Bertz CT molecular complexity index is 4940. The highest BCUT2D eigenvalue weighted by atomic mass is 16.5. The van der Waals surface area contributed by atoms with Gasteiger partial charge in [0.25, 0.3) is 0 Å². The number of anilines is 4. The van der Waals surface area contributed by atoms with Crippen LogP contribution in [0.3, 0.4) is 0 Å². The number of fused-ring (bicyclic) bond motifs is 4. The van der Waals surface area contributed by atoms with E-state index in [0.29, 0.717) is 138 Å². The molecule has 4 aliphatic heterocycles. The molecule has 6 fully saturated rings. The van der Waals surface area contributed by atoms with Crippen LogP contribution in [-0.2, 0) is 42.9 Å². The smallest absolute Gasteiger partial charge is 0.329 e. The number of likely N-dealkylation sites (N-methyl/N-ethyl adjacent to an activating group) is 1. The number of esters is 4. The van der Waals surface area contributed by atoms with Crippen LogP contribution in [-0.4, -0.2) is 199 Å². The number of hydrogen-bond donors (Lipinski definition) is 3. The van der Waals surface area contributed by atoms with E-state index in [0.717, 1.165) is 121 Å². The van der Waals surface area contributed by atoms with E-state index < -0.39 is 47.5 Å². The molecule has 6 aliphatic rings. The topological polar surface area (TPSA) is 387 Å². The van der Waals surface area contributed by atoms with Crippen molar-refractivity contribution in [1.29, 1.82) is 21.0 Å². The van der Waals surface area contributed by atoms with Gasteiger partial charge in [-0.2, -0.15) is 21.0 Å². The molecule has 4 saturated heterocycles. The van der Waals surface area contributed by atoms with Gasteiger partial charge in [0.1, 0.15) is 22.8 Å². The van der Waals surface area contributed by atoms with Crippen molar-refractivity contribution < 1.29 is 42.9 Å². The molecule has 4 aromatic heterocycles. The summed E-state index contributed by atoms with van der Waals surface area (Å²) in [4.78, 5) is 111. The van der Waals surface area contributed by atoms with E-state index in [1.807, 2.05) is 116 Å². The molecular formula is C90H114N20O9. The summed E-state index contributed by atoms with van der Waals surface area (Å²) < 4.78 is 22.1. The van der Waals surface area contributed by atoms with Crippen LogP contribution in [0.15, 0.2) is 97.1 Å². The van der Waals surface area contributed by atoms with Crippen molar-refractivity contribution in [3.05, 3.63) is 120 Å². The standard InChI is InChI=1S/2C23H29N5O2.C23H31N5O2.C21H25N5O3/c1-27-11-13-28(14-12-27)22-21(25-19-9-5-6-10-20(19)26-22)18(15-24)23(29)30-16-17-7-3-2-4-8-17;24-15-18(23(29)30-16-17-7-3-1-2-4-8-17)21-22(28-13-11-25-12-14-28)27-20-10-6-5-9-19(20)26-21;1-5-16(6-2)14-30-22(29)17(13-24)20-21(28-12-11-25-23(3,4)15-28)27-19-10-8-7-9-18(19)26-20;1-13(2)12-29-21(28)15(11-22)18-20(25-17-6-4-3-5-16(17)24-18)26-9-7-14(8-10-26)19(23)27/h5-6,9-10,17-18H,2-4,7-8,11-14,16H2,1H3;5-6,9-10,17-18,25H,1-4,7-8,11-14,16H2;7-10,16-17,25H,5-6,11-12,14-15H2,1-4H3;3-6,13-15H,7-10,12H2,1-2H3,(H2,23,27). The summed E-state index contributed by atoms with van der Waals surface area (Å²) in [6, 6.07) is 38.5. The van der Waals surface area contributed by atoms with Gasteiger partial charge >= 0.3 is 23.9 Å². The van der Waals surface area contributed by atoms with Crippen LogP contribution in [0.25, 0.3) is 44.1 Å². The zero-order valence-electron chi connectivity index (χ0n) is 69.9. The highest BCUT2D eigenvalue weighted by molar-refractivity contribution is 5.89. The number of carbonyl (C=O) groups is 5. The first kappa shape index (κ1) is 88.4. The lowest BCUT2D eigenvalue weighted by Gasteiger charge is -2.40. The van der Waals surface area contributed by atoms with E-state index in [1.54, 1.807) is 6.07 Å². The van der Waals surface area contributed by atoms with Crippen LogP contribution >= 0.6 is 0 Å². The number of nitrogens with two attached hydrogens (primary N) is 1. The Balaban J connectivity index is 0.000000155.